The van der Waals surface area contributed by atoms with Crippen molar-refractivity contribution in [1.29, 1.82) is 0 Å². The van der Waals surface area contributed by atoms with E-state index in [1.807, 2.05) is 31.2 Å². The maximum atomic E-state index is 12.2. The van der Waals surface area contributed by atoms with Crippen molar-refractivity contribution < 1.29 is 14.3 Å². The molecule has 5 heteroatoms. The molecule has 2 unspecified atom stereocenters. The minimum absolute atomic E-state index is 0.0352. The number of carbonyl (C=O) groups is 1. The van der Waals surface area contributed by atoms with Crippen LogP contribution in [0.1, 0.15) is 13.3 Å². The minimum Gasteiger partial charge on any atom is -0.491 e. The maximum absolute atomic E-state index is 12.2. The highest BCUT2D eigenvalue weighted by molar-refractivity contribution is 5.93. The van der Waals surface area contributed by atoms with E-state index < -0.39 is 0 Å². The van der Waals surface area contributed by atoms with Crippen LogP contribution in [0.3, 0.4) is 0 Å². The molecule has 1 saturated heterocycles. The summed E-state index contributed by atoms with van der Waals surface area (Å²) in [5.74, 6) is 0.835. The molecule has 1 amide bonds. The molecule has 2 atom stereocenters. The number of benzene rings is 1. The fourth-order valence-corrected chi connectivity index (χ4v) is 2.36. The molecule has 1 aromatic carbocycles. The van der Waals surface area contributed by atoms with Gasteiger partial charge in [-0.3, -0.25) is 4.79 Å². The fraction of sp³-hybridized carbons (Fsp3) is 0.533. The second-order valence-electron chi connectivity index (χ2n) is 5.00. The van der Waals surface area contributed by atoms with Crippen molar-refractivity contribution in [3.8, 4) is 5.75 Å². The topological polar surface area (TPSA) is 59.6 Å². The zero-order chi connectivity index (χ0) is 14.4. The molecule has 0 aliphatic carbocycles. The third-order valence-electron chi connectivity index (χ3n) is 3.52. The highest BCUT2D eigenvalue weighted by atomic mass is 16.5. The SMILES string of the molecule is COCCOc1cccc(NC(=O)C2CCNC2C)c1. The van der Waals surface area contributed by atoms with Gasteiger partial charge in [-0.25, -0.2) is 0 Å². The highest BCUT2D eigenvalue weighted by Crippen LogP contribution is 2.21. The number of ether oxygens (including phenoxy) is 2. The van der Waals surface area contributed by atoms with Gasteiger partial charge in [0.25, 0.3) is 0 Å². The molecule has 2 N–H and O–H groups in total. The molecule has 110 valence electrons. The molecule has 0 spiro atoms. The molecule has 1 aliphatic rings. The minimum atomic E-state index is 0.0352. The zero-order valence-corrected chi connectivity index (χ0v) is 12.0. The summed E-state index contributed by atoms with van der Waals surface area (Å²) >= 11 is 0. The van der Waals surface area contributed by atoms with Gasteiger partial charge in [0.15, 0.2) is 0 Å². The highest BCUT2D eigenvalue weighted by Gasteiger charge is 2.29. The Hall–Kier alpha value is -1.59. The lowest BCUT2D eigenvalue weighted by Crippen LogP contribution is -2.32. The summed E-state index contributed by atoms with van der Waals surface area (Å²) in [6, 6.07) is 7.67. The van der Waals surface area contributed by atoms with Gasteiger partial charge in [0.1, 0.15) is 12.4 Å². The molecular formula is C15H22N2O3. The Kier molecular flexibility index (Phi) is 5.38. The largest absolute Gasteiger partial charge is 0.491 e. The van der Waals surface area contributed by atoms with Gasteiger partial charge in [-0.2, -0.15) is 0 Å². The summed E-state index contributed by atoms with van der Waals surface area (Å²) in [5.41, 5.74) is 0.768. The molecule has 1 aliphatic heterocycles. The van der Waals surface area contributed by atoms with E-state index in [9.17, 15) is 4.79 Å². The smallest absolute Gasteiger partial charge is 0.229 e. The van der Waals surface area contributed by atoms with E-state index in [1.54, 1.807) is 7.11 Å². The van der Waals surface area contributed by atoms with Crippen LogP contribution in [-0.4, -0.2) is 38.8 Å². The van der Waals surface area contributed by atoms with Gasteiger partial charge >= 0.3 is 0 Å². The average molecular weight is 278 g/mol. The average Bonchev–Trinajstić information content (AvgIpc) is 2.86. The molecule has 0 bridgehead atoms. The molecular weight excluding hydrogens is 256 g/mol. The van der Waals surface area contributed by atoms with Crippen LogP contribution in [0.2, 0.25) is 0 Å². The number of methoxy groups -OCH3 is 1. The van der Waals surface area contributed by atoms with Crippen LogP contribution in [0.15, 0.2) is 24.3 Å². The van der Waals surface area contributed by atoms with E-state index in [-0.39, 0.29) is 17.9 Å². The molecule has 1 aromatic rings. The molecule has 0 saturated carbocycles. The summed E-state index contributed by atoms with van der Waals surface area (Å²) < 4.78 is 10.5. The maximum Gasteiger partial charge on any atom is 0.229 e. The van der Waals surface area contributed by atoms with Crippen LogP contribution in [0.4, 0.5) is 5.69 Å². The molecule has 0 radical (unpaired) electrons. The number of nitrogens with one attached hydrogen (secondary N) is 2. The Bertz CT molecular complexity index is 450. The molecule has 0 aromatic heterocycles. The second-order valence-corrected chi connectivity index (χ2v) is 5.00. The summed E-state index contributed by atoms with van der Waals surface area (Å²) in [6.45, 7) is 3.99. The molecule has 1 fully saturated rings. The van der Waals surface area contributed by atoms with Gasteiger partial charge in [-0.05, 0) is 32.0 Å². The number of amides is 1. The van der Waals surface area contributed by atoms with E-state index in [0.717, 1.165) is 24.4 Å². The second kappa shape index (κ2) is 7.26. The fourth-order valence-electron chi connectivity index (χ4n) is 2.36. The van der Waals surface area contributed by atoms with E-state index in [4.69, 9.17) is 9.47 Å². The summed E-state index contributed by atoms with van der Waals surface area (Å²) in [4.78, 5) is 12.2. The van der Waals surface area contributed by atoms with Crippen molar-refractivity contribution in [2.45, 2.75) is 19.4 Å². The van der Waals surface area contributed by atoms with Crippen molar-refractivity contribution in [1.82, 2.24) is 5.32 Å². The zero-order valence-electron chi connectivity index (χ0n) is 12.0. The van der Waals surface area contributed by atoms with Gasteiger partial charge in [0.05, 0.1) is 12.5 Å². The van der Waals surface area contributed by atoms with Crippen molar-refractivity contribution in [3.63, 3.8) is 0 Å². The van der Waals surface area contributed by atoms with Gasteiger partial charge in [0.2, 0.25) is 5.91 Å². The Morgan fingerprint density at radius 3 is 3.00 bits per heavy atom. The predicted octanol–water partition coefficient (Wildman–Crippen LogP) is 1.65. The summed E-state index contributed by atoms with van der Waals surface area (Å²) in [5, 5.41) is 6.24. The van der Waals surface area contributed by atoms with E-state index in [2.05, 4.69) is 10.6 Å². The first-order chi connectivity index (χ1) is 9.70. The van der Waals surface area contributed by atoms with Crippen LogP contribution < -0.4 is 15.4 Å². The number of rotatable bonds is 6. The quantitative estimate of drug-likeness (QED) is 0.777. The van der Waals surface area contributed by atoms with Crippen molar-refractivity contribution in [3.05, 3.63) is 24.3 Å². The third kappa shape index (κ3) is 3.95. The Balaban J connectivity index is 1.91. The number of carbonyl (C=O) groups excluding carboxylic acids is 1. The third-order valence-corrected chi connectivity index (χ3v) is 3.52. The normalized spacial score (nSPS) is 21.7. The lowest BCUT2D eigenvalue weighted by molar-refractivity contribution is -0.119. The number of hydrogen-bond acceptors (Lipinski definition) is 4. The lowest BCUT2D eigenvalue weighted by atomic mass is 10.0. The van der Waals surface area contributed by atoms with Crippen molar-refractivity contribution >= 4 is 11.6 Å². The van der Waals surface area contributed by atoms with Crippen LogP contribution >= 0.6 is 0 Å². The van der Waals surface area contributed by atoms with E-state index in [0.29, 0.717) is 13.2 Å². The van der Waals surface area contributed by atoms with E-state index in [1.165, 1.54) is 0 Å². The van der Waals surface area contributed by atoms with Gasteiger partial charge < -0.3 is 20.1 Å². The summed E-state index contributed by atoms with van der Waals surface area (Å²) in [6.07, 6.45) is 0.886. The number of anilines is 1. The summed E-state index contributed by atoms with van der Waals surface area (Å²) in [7, 11) is 1.64. The standard InChI is InChI=1S/C15H22N2O3/c1-11-14(6-7-16-11)15(18)17-12-4-3-5-13(10-12)20-9-8-19-2/h3-5,10-11,14,16H,6-9H2,1-2H3,(H,17,18). The van der Waals surface area contributed by atoms with Gasteiger partial charge in [-0.15, -0.1) is 0 Å². The Morgan fingerprint density at radius 1 is 1.45 bits per heavy atom. The van der Waals surface area contributed by atoms with Crippen LogP contribution in [-0.2, 0) is 9.53 Å². The van der Waals surface area contributed by atoms with E-state index >= 15 is 0 Å². The molecule has 1 heterocycles. The Morgan fingerprint density at radius 2 is 2.30 bits per heavy atom. The Labute approximate surface area is 119 Å². The van der Waals surface area contributed by atoms with Gasteiger partial charge in [-0.1, -0.05) is 6.07 Å². The molecule has 5 nitrogen and oxygen atoms in total. The van der Waals surface area contributed by atoms with Crippen LogP contribution in [0, 0.1) is 5.92 Å². The predicted molar refractivity (Wildman–Crippen MR) is 78.0 cm³/mol. The van der Waals surface area contributed by atoms with Gasteiger partial charge in [0, 0.05) is 24.9 Å². The first-order valence-corrected chi connectivity index (χ1v) is 6.97. The molecule has 20 heavy (non-hydrogen) atoms. The lowest BCUT2D eigenvalue weighted by Gasteiger charge is -2.15. The van der Waals surface area contributed by atoms with Crippen LogP contribution in [0.25, 0.3) is 0 Å². The molecule has 2 rings (SSSR count). The van der Waals surface area contributed by atoms with Crippen molar-refractivity contribution in [2.24, 2.45) is 5.92 Å². The van der Waals surface area contributed by atoms with Crippen molar-refractivity contribution in [2.75, 3.05) is 32.2 Å². The number of hydrogen-bond donors (Lipinski definition) is 2. The first-order valence-electron chi connectivity index (χ1n) is 6.97. The monoisotopic (exact) mass is 278 g/mol. The first kappa shape index (κ1) is 14.8. The van der Waals surface area contributed by atoms with Crippen LogP contribution in [0.5, 0.6) is 5.75 Å².